The molecule has 1 heterocycles. The molecule has 2 N–H and O–H groups in total. The van der Waals surface area contributed by atoms with Crippen molar-refractivity contribution in [1.29, 1.82) is 0 Å². The van der Waals surface area contributed by atoms with Crippen LogP contribution in [0.4, 0.5) is 0 Å². The van der Waals surface area contributed by atoms with Gasteiger partial charge in [-0.3, -0.25) is 9.89 Å². The molecule has 1 aromatic heterocycles. The summed E-state index contributed by atoms with van der Waals surface area (Å²) in [6.45, 7) is 1.93. The number of nitrogens with zero attached hydrogens (tertiary/aromatic N) is 2. The molecule has 0 spiro atoms. The van der Waals surface area contributed by atoms with Crippen molar-refractivity contribution in [2.24, 2.45) is 5.10 Å². The van der Waals surface area contributed by atoms with Crippen LogP contribution >= 0.6 is 0 Å². The molecule has 22 heavy (non-hydrogen) atoms. The minimum absolute atomic E-state index is 0.299. The van der Waals surface area contributed by atoms with Crippen LogP contribution < -0.4 is 5.43 Å². The molecule has 0 saturated heterocycles. The smallest absolute Gasteiger partial charge is 0.281 e. The number of carbonyl (C=O) groups excluding carboxylic acids is 1. The van der Waals surface area contributed by atoms with Crippen molar-refractivity contribution in [1.82, 2.24) is 15.6 Å². The molecule has 0 radical (unpaired) electrons. The molecule has 0 atom stereocenters. The van der Waals surface area contributed by atoms with E-state index in [1.54, 1.807) is 12.3 Å². The van der Waals surface area contributed by atoms with Crippen LogP contribution in [-0.4, -0.2) is 22.3 Å². The summed E-state index contributed by atoms with van der Waals surface area (Å²) in [5.74, 6) is 0.250. The van der Waals surface area contributed by atoms with Crippen LogP contribution in [0.3, 0.4) is 0 Å². The Bertz CT molecular complexity index is 711. The number of aromatic amines is 1. The van der Waals surface area contributed by atoms with Crippen molar-refractivity contribution in [3.63, 3.8) is 0 Å². The molecule has 3 rings (SSSR count). The zero-order chi connectivity index (χ0) is 15.4. The van der Waals surface area contributed by atoms with E-state index >= 15 is 0 Å². The van der Waals surface area contributed by atoms with Gasteiger partial charge in [0.15, 0.2) is 5.69 Å². The summed E-state index contributed by atoms with van der Waals surface area (Å²) >= 11 is 0. The van der Waals surface area contributed by atoms with Crippen molar-refractivity contribution in [2.45, 2.75) is 25.7 Å². The summed E-state index contributed by atoms with van der Waals surface area (Å²) in [4.78, 5) is 11.9. The quantitative estimate of drug-likeness (QED) is 0.657. The minimum Gasteiger partial charge on any atom is -0.281 e. The highest BCUT2D eigenvalue weighted by molar-refractivity contribution is 5.93. The number of amides is 1. The number of aromatic nitrogens is 2. The van der Waals surface area contributed by atoms with Gasteiger partial charge in [0.05, 0.1) is 6.21 Å². The van der Waals surface area contributed by atoms with Crippen LogP contribution in [0, 0.1) is 0 Å². The van der Waals surface area contributed by atoms with Crippen LogP contribution in [0.1, 0.15) is 47.4 Å². The van der Waals surface area contributed by atoms with Crippen molar-refractivity contribution >= 4 is 18.2 Å². The maximum absolute atomic E-state index is 11.9. The van der Waals surface area contributed by atoms with Gasteiger partial charge in [-0.05, 0) is 37.0 Å². The van der Waals surface area contributed by atoms with Crippen molar-refractivity contribution in [3.8, 4) is 0 Å². The Morgan fingerprint density at radius 3 is 2.86 bits per heavy atom. The van der Waals surface area contributed by atoms with Gasteiger partial charge >= 0.3 is 0 Å². The topological polar surface area (TPSA) is 70.1 Å². The van der Waals surface area contributed by atoms with Gasteiger partial charge in [0.1, 0.15) is 0 Å². The first-order chi connectivity index (χ1) is 10.7. The third-order valence-corrected chi connectivity index (χ3v) is 3.48. The van der Waals surface area contributed by atoms with E-state index in [-0.39, 0.29) is 5.91 Å². The van der Waals surface area contributed by atoms with Crippen molar-refractivity contribution < 1.29 is 4.79 Å². The first kappa shape index (κ1) is 14.3. The largest absolute Gasteiger partial charge is 0.291 e. The monoisotopic (exact) mass is 294 g/mol. The van der Waals surface area contributed by atoms with Gasteiger partial charge in [-0.15, -0.1) is 0 Å². The van der Waals surface area contributed by atoms with E-state index < -0.39 is 0 Å². The highest BCUT2D eigenvalue weighted by atomic mass is 16.2. The molecule has 5 heteroatoms. The van der Waals surface area contributed by atoms with E-state index in [0.717, 1.165) is 16.8 Å². The van der Waals surface area contributed by atoms with Crippen LogP contribution in [-0.2, 0) is 0 Å². The zero-order valence-electron chi connectivity index (χ0n) is 12.4. The lowest BCUT2D eigenvalue weighted by atomic mass is 10.1. The zero-order valence-corrected chi connectivity index (χ0v) is 12.4. The lowest BCUT2D eigenvalue weighted by Crippen LogP contribution is -2.17. The third-order valence-electron chi connectivity index (χ3n) is 3.48. The summed E-state index contributed by atoms with van der Waals surface area (Å²) < 4.78 is 0. The number of rotatable bonds is 5. The van der Waals surface area contributed by atoms with E-state index in [0.29, 0.717) is 11.6 Å². The van der Waals surface area contributed by atoms with Gasteiger partial charge in [0, 0.05) is 11.6 Å². The maximum Gasteiger partial charge on any atom is 0.291 e. The van der Waals surface area contributed by atoms with E-state index in [4.69, 9.17) is 0 Å². The van der Waals surface area contributed by atoms with Crippen LogP contribution in [0.5, 0.6) is 0 Å². The fraction of sp³-hybridized carbons (Fsp3) is 0.235. The van der Waals surface area contributed by atoms with Crippen LogP contribution in [0.25, 0.3) is 6.08 Å². The Kier molecular flexibility index (Phi) is 4.14. The Morgan fingerprint density at radius 2 is 2.14 bits per heavy atom. The molecule has 1 saturated carbocycles. The predicted molar refractivity (Wildman–Crippen MR) is 86.6 cm³/mol. The van der Waals surface area contributed by atoms with E-state index in [2.05, 4.69) is 20.7 Å². The number of nitrogens with one attached hydrogen (secondary N) is 2. The summed E-state index contributed by atoms with van der Waals surface area (Å²) in [6, 6.07) is 11.8. The first-order valence-electron chi connectivity index (χ1n) is 7.34. The van der Waals surface area contributed by atoms with E-state index in [1.807, 2.05) is 43.3 Å². The molecular formula is C17H18N4O. The van der Waals surface area contributed by atoms with E-state index in [1.165, 1.54) is 12.8 Å². The average molecular weight is 294 g/mol. The second kappa shape index (κ2) is 6.39. The van der Waals surface area contributed by atoms with Gasteiger partial charge in [0.25, 0.3) is 5.91 Å². The number of allylic oxidation sites excluding steroid dienone is 1. The van der Waals surface area contributed by atoms with Gasteiger partial charge < -0.3 is 0 Å². The standard InChI is InChI=1S/C17H18N4O/c1-12(9-13-5-3-2-4-6-13)11-18-21-17(22)16-10-15(19-20-16)14-7-8-14/h2-6,9-11,14H,7-8H2,1H3,(H,19,20)(H,21,22)/b12-9+,18-11?. The molecule has 1 aliphatic carbocycles. The Morgan fingerprint density at radius 1 is 1.36 bits per heavy atom. The molecule has 1 aromatic carbocycles. The lowest BCUT2D eigenvalue weighted by molar-refractivity contribution is 0.0950. The molecule has 0 bridgehead atoms. The molecule has 1 aliphatic rings. The second-order valence-corrected chi connectivity index (χ2v) is 5.48. The van der Waals surface area contributed by atoms with Crippen molar-refractivity contribution in [2.75, 3.05) is 0 Å². The highest BCUT2D eigenvalue weighted by Crippen LogP contribution is 2.38. The number of hydrazone groups is 1. The summed E-state index contributed by atoms with van der Waals surface area (Å²) in [5, 5.41) is 10.9. The molecule has 1 fully saturated rings. The first-order valence-corrected chi connectivity index (χ1v) is 7.34. The third kappa shape index (κ3) is 3.69. The molecular weight excluding hydrogens is 276 g/mol. The Balaban J connectivity index is 1.56. The van der Waals surface area contributed by atoms with E-state index in [9.17, 15) is 4.79 Å². The molecule has 1 amide bonds. The number of carbonyl (C=O) groups is 1. The number of benzene rings is 1. The number of hydrogen-bond acceptors (Lipinski definition) is 3. The summed E-state index contributed by atoms with van der Waals surface area (Å²) in [7, 11) is 0. The van der Waals surface area contributed by atoms with Gasteiger partial charge in [-0.2, -0.15) is 10.2 Å². The molecule has 112 valence electrons. The summed E-state index contributed by atoms with van der Waals surface area (Å²) in [6.07, 6.45) is 5.96. The fourth-order valence-corrected chi connectivity index (χ4v) is 2.16. The molecule has 5 nitrogen and oxygen atoms in total. The number of hydrogen-bond donors (Lipinski definition) is 2. The lowest BCUT2D eigenvalue weighted by Gasteiger charge is -1.96. The SMILES string of the molecule is C/C(C=NNC(=O)c1cc(C2CC2)[nH]n1)=C\c1ccccc1. The number of H-pyrrole nitrogens is 1. The van der Waals surface area contributed by atoms with Gasteiger partial charge in [0.2, 0.25) is 0 Å². The predicted octanol–water partition coefficient (Wildman–Crippen LogP) is 3.11. The second-order valence-electron chi connectivity index (χ2n) is 5.48. The molecule has 0 aliphatic heterocycles. The summed E-state index contributed by atoms with van der Waals surface area (Å²) in [5.41, 5.74) is 5.96. The fourth-order valence-electron chi connectivity index (χ4n) is 2.16. The van der Waals surface area contributed by atoms with Crippen molar-refractivity contribution in [3.05, 3.63) is 58.9 Å². The highest BCUT2D eigenvalue weighted by Gasteiger charge is 2.26. The van der Waals surface area contributed by atoms with Crippen LogP contribution in [0.15, 0.2) is 47.1 Å². The van der Waals surface area contributed by atoms with Gasteiger partial charge in [-0.25, -0.2) is 5.43 Å². The van der Waals surface area contributed by atoms with Crippen LogP contribution in [0.2, 0.25) is 0 Å². The minimum atomic E-state index is -0.299. The Hall–Kier alpha value is -2.69. The maximum atomic E-state index is 11.9. The Labute approximate surface area is 129 Å². The average Bonchev–Trinajstić information content (AvgIpc) is 3.25. The van der Waals surface area contributed by atoms with Gasteiger partial charge in [-0.1, -0.05) is 36.4 Å². The molecule has 0 unspecified atom stereocenters. The molecule has 2 aromatic rings. The normalized spacial score (nSPS) is 15.2.